The second kappa shape index (κ2) is 6.35. The summed E-state index contributed by atoms with van der Waals surface area (Å²) in [6, 6.07) is 8.11. The maximum absolute atomic E-state index is 12.4. The highest BCUT2D eigenvalue weighted by Crippen LogP contribution is 2.23. The van der Waals surface area contributed by atoms with Crippen LogP contribution in [0.2, 0.25) is 0 Å². The lowest BCUT2D eigenvalue weighted by atomic mass is 9.90. The number of amides is 1. The number of ether oxygens (including phenoxy) is 2. The molecule has 108 valence electrons. The summed E-state index contributed by atoms with van der Waals surface area (Å²) in [5.74, 6) is -0.0664. The second-order valence-corrected chi connectivity index (χ2v) is 5.20. The molecule has 1 aromatic rings. The smallest absolute Gasteiger partial charge is 0.228 e. The number of carbonyl (C=O) groups excluding carboxylic acids is 1. The van der Waals surface area contributed by atoms with Gasteiger partial charge in [0.25, 0.3) is 0 Å². The molecular formula is C15H20N2O3. The van der Waals surface area contributed by atoms with Gasteiger partial charge in [-0.05, 0) is 11.1 Å². The van der Waals surface area contributed by atoms with E-state index in [4.69, 9.17) is 9.47 Å². The van der Waals surface area contributed by atoms with Gasteiger partial charge < -0.3 is 20.1 Å². The quantitative estimate of drug-likeness (QED) is 0.839. The highest BCUT2D eigenvalue weighted by Gasteiger charge is 2.26. The third kappa shape index (κ3) is 3.00. The standard InChI is InChI=1S/C15H20N2O3/c18-15(17-8-12-10-19-5-6-20-12)14-9-16-7-11-3-1-2-4-13(11)14/h1-4,12,14,16H,5-10H2,(H,17,18). The van der Waals surface area contributed by atoms with E-state index in [0.717, 1.165) is 12.1 Å². The fraction of sp³-hybridized carbons (Fsp3) is 0.533. The first-order valence-electron chi connectivity index (χ1n) is 7.10. The molecule has 2 aliphatic heterocycles. The molecule has 2 N–H and O–H groups in total. The van der Waals surface area contributed by atoms with Crippen LogP contribution < -0.4 is 10.6 Å². The van der Waals surface area contributed by atoms with Crippen LogP contribution in [0, 0.1) is 0 Å². The zero-order chi connectivity index (χ0) is 13.8. The maximum atomic E-state index is 12.4. The van der Waals surface area contributed by atoms with Crippen molar-refractivity contribution in [2.45, 2.75) is 18.6 Å². The van der Waals surface area contributed by atoms with E-state index in [0.29, 0.717) is 32.9 Å². The van der Waals surface area contributed by atoms with Crippen molar-refractivity contribution < 1.29 is 14.3 Å². The van der Waals surface area contributed by atoms with Crippen molar-refractivity contribution >= 4 is 5.91 Å². The van der Waals surface area contributed by atoms with Crippen LogP contribution in [0.1, 0.15) is 17.0 Å². The van der Waals surface area contributed by atoms with Crippen molar-refractivity contribution in [3.63, 3.8) is 0 Å². The first-order valence-corrected chi connectivity index (χ1v) is 7.10. The van der Waals surface area contributed by atoms with E-state index >= 15 is 0 Å². The summed E-state index contributed by atoms with van der Waals surface area (Å²) in [5.41, 5.74) is 2.33. The van der Waals surface area contributed by atoms with Gasteiger partial charge in [-0.1, -0.05) is 24.3 Å². The Labute approximate surface area is 118 Å². The predicted molar refractivity (Wildman–Crippen MR) is 74.5 cm³/mol. The Morgan fingerprint density at radius 2 is 2.25 bits per heavy atom. The second-order valence-electron chi connectivity index (χ2n) is 5.20. The van der Waals surface area contributed by atoms with E-state index in [1.807, 2.05) is 18.2 Å². The Morgan fingerprint density at radius 1 is 1.35 bits per heavy atom. The molecule has 0 bridgehead atoms. The molecule has 3 rings (SSSR count). The zero-order valence-electron chi connectivity index (χ0n) is 11.4. The molecule has 2 unspecified atom stereocenters. The van der Waals surface area contributed by atoms with Crippen LogP contribution in [0.4, 0.5) is 0 Å². The maximum Gasteiger partial charge on any atom is 0.228 e. The largest absolute Gasteiger partial charge is 0.376 e. The van der Waals surface area contributed by atoms with Gasteiger partial charge in [0.2, 0.25) is 5.91 Å². The van der Waals surface area contributed by atoms with Crippen molar-refractivity contribution in [3.05, 3.63) is 35.4 Å². The monoisotopic (exact) mass is 276 g/mol. The summed E-state index contributed by atoms with van der Waals surface area (Å²) in [4.78, 5) is 12.4. The number of carbonyl (C=O) groups is 1. The summed E-state index contributed by atoms with van der Waals surface area (Å²) in [7, 11) is 0. The van der Waals surface area contributed by atoms with E-state index < -0.39 is 0 Å². The highest BCUT2D eigenvalue weighted by molar-refractivity contribution is 5.84. The Balaban J connectivity index is 1.60. The summed E-state index contributed by atoms with van der Waals surface area (Å²) in [6.45, 7) is 3.83. The summed E-state index contributed by atoms with van der Waals surface area (Å²) >= 11 is 0. The Bertz CT molecular complexity index is 472. The minimum absolute atomic E-state index is 0.0282. The van der Waals surface area contributed by atoms with Crippen LogP contribution in [0.15, 0.2) is 24.3 Å². The van der Waals surface area contributed by atoms with E-state index in [1.165, 1.54) is 5.56 Å². The minimum Gasteiger partial charge on any atom is -0.376 e. The predicted octanol–water partition coefficient (Wildman–Crippen LogP) is 0.405. The molecule has 0 radical (unpaired) electrons. The molecule has 1 aromatic carbocycles. The molecule has 1 amide bonds. The molecule has 5 heteroatoms. The molecule has 0 aliphatic carbocycles. The molecule has 0 aromatic heterocycles. The fourth-order valence-corrected chi connectivity index (χ4v) is 2.72. The van der Waals surface area contributed by atoms with Gasteiger partial charge in [-0.2, -0.15) is 0 Å². The summed E-state index contributed by atoms with van der Waals surface area (Å²) < 4.78 is 10.9. The van der Waals surface area contributed by atoms with Crippen LogP contribution in [0.25, 0.3) is 0 Å². The molecule has 5 nitrogen and oxygen atoms in total. The first-order chi connectivity index (χ1) is 9.84. The van der Waals surface area contributed by atoms with E-state index in [2.05, 4.69) is 16.7 Å². The van der Waals surface area contributed by atoms with Crippen molar-refractivity contribution in [1.29, 1.82) is 0 Å². The van der Waals surface area contributed by atoms with Gasteiger partial charge in [-0.15, -0.1) is 0 Å². The van der Waals surface area contributed by atoms with Crippen LogP contribution in [0.5, 0.6) is 0 Å². The molecule has 0 spiro atoms. The fourth-order valence-electron chi connectivity index (χ4n) is 2.72. The van der Waals surface area contributed by atoms with Gasteiger partial charge in [0.1, 0.15) is 0 Å². The lowest BCUT2D eigenvalue weighted by Crippen LogP contribution is -2.44. The third-order valence-electron chi connectivity index (χ3n) is 3.80. The van der Waals surface area contributed by atoms with Crippen LogP contribution in [-0.2, 0) is 20.8 Å². The molecule has 1 fully saturated rings. The molecule has 0 saturated carbocycles. The number of fused-ring (bicyclic) bond motifs is 1. The Morgan fingerprint density at radius 3 is 3.10 bits per heavy atom. The first kappa shape index (κ1) is 13.5. The lowest BCUT2D eigenvalue weighted by molar-refractivity contribution is -0.125. The van der Waals surface area contributed by atoms with Crippen molar-refractivity contribution in [1.82, 2.24) is 10.6 Å². The molecule has 2 atom stereocenters. The van der Waals surface area contributed by atoms with Crippen molar-refractivity contribution in [3.8, 4) is 0 Å². The minimum atomic E-state index is -0.121. The van der Waals surface area contributed by atoms with Gasteiger partial charge in [-0.25, -0.2) is 0 Å². The summed E-state index contributed by atoms with van der Waals surface area (Å²) in [5, 5.41) is 6.27. The van der Waals surface area contributed by atoms with Crippen LogP contribution in [0.3, 0.4) is 0 Å². The summed E-state index contributed by atoms with van der Waals surface area (Å²) in [6.07, 6.45) is -0.0282. The lowest BCUT2D eigenvalue weighted by Gasteiger charge is -2.27. The van der Waals surface area contributed by atoms with Gasteiger partial charge in [0.15, 0.2) is 0 Å². The molecule has 2 heterocycles. The number of benzene rings is 1. The van der Waals surface area contributed by atoms with E-state index in [9.17, 15) is 4.79 Å². The van der Waals surface area contributed by atoms with Gasteiger partial charge in [0.05, 0.1) is 31.8 Å². The van der Waals surface area contributed by atoms with Crippen LogP contribution in [-0.4, -0.2) is 44.9 Å². The van der Waals surface area contributed by atoms with Crippen LogP contribution >= 0.6 is 0 Å². The number of hydrogen-bond acceptors (Lipinski definition) is 4. The van der Waals surface area contributed by atoms with Crippen molar-refractivity contribution in [2.24, 2.45) is 0 Å². The third-order valence-corrected chi connectivity index (χ3v) is 3.80. The van der Waals surface area contributed by atoms with E-state index in [1.54, 1.807) is 0 Å². The Kier molecular flexibility index (Phi) is 4.30. The van der Waals surface area contributed by atoms with Gasteiger partial charge in [0, 0.05) is 19.6 Å². The average molecular weight is 276 g/mol. The average Bonchev–Trinajstić information content (AvgIpc) is 2.53. The molecule has 20 heavy (non-hydrogen) atoms. The number of rotatable bonds is 3. The SMILES string of the molecule is O=C(NCC1COCCO1)C1CNCc2ccccc21. The number of hydrogen-bond donors (Lipinski definition) is 2. The normalized spacial score (nSPS) is 25.8. The van der Waals surface area contributed by atoms with Crippen molar-refractivity contribution in [2.75, 3.05) is 32.9 Å². The highest BCUT2D eigenvalue weighted by atomic mass is 16.6. The van der Waals surface area contributed by atoms with E-state index in [-0.39, 0.29) is 17.9 Å². The van der Waals surface area contributed by atoms with Gasteiger partial charge >= 0.3 is 0 Å². The molecule has 1 saturated heterocycles. The van der Waals surface area contributed by atoms with Gasteiger partial charge in [-0.3, -0.25) is 4.79 Å². The number of nitrogens with one attached hydrogen (secondary N) is 2. The topological polar surface area (TPSA) is 59.6 Å². The molecule has 2 aliphatic rings. The zero-order valence-corrected chi connectivity index (χ0v) is 11.4. The Hall–Kier alpha value is -1.43. The molecular weight excluding hydrogens is 256 g/mol.